The molecule has 2 N–H and O–H groups in total. The monoisotopic (exact) mass is 496 g/mol. The van der Waals surface area contributed by atoms with Gasteiger partial charge in [-0.1, -0.05) is 36.4 Å². The third-order valence-electron chi connectivity index (χ3n) is 4.63. The fraction of sp³-hybridized carbons (Fsp3) is 0.333. The lowest BCUT2D eigenvalue weighted by Gasteiger charge is -2.16. The first-order chi connectivity index (χ1) is 13.2. The average Bonchev–Trinajstić information content (AvgIpc) is 3.11. The summed E-state index contributed by atoms with van der Waals surface area (Å²) < 4.78 is 13.2. The van der Waals surface area contributed by atoms with Gasteiger partial charge in [-0.15, -0.1) is 24.0 Å². The van der Waals surface area contributed by atoms with Gasteiger partial charge in [0.05, 0.1) is 0 Å². The third kappa shape index (κ3) is 6.19. The van der Waals surface area contributed by atoms with E-state index in [9.17, 15) is 9.18 Å². The van der Waals surface area contributed by atoms with Crippen molar-refractivity contribution in [3.05, 3.63) is 71.0 Å². The van der Waals surface area contributed by atoms with Crippen molar-refractivity contribution in [3.8, 4) is 0 Å². The summed E-state index contributed by atoms with van der Waals surface area (Å²) >= 11 is 0. The number of hydrogen-bond donors (Lipinski definition) is 2. The molecule has 2 aromatic carbocycles. The van der Waals surface area contributed by atoms with Gasteiger partial charge in [0, 0.05) is 39.6 Å². The number of benzene rings is 2. The molecule has 1 amide bonds. The molecule has 0 bridgehead atoms. The zero-order valence-corrected chi connectivity index (χ0v) is 18.3. The minimum atomic E-state index is -0.250. The predicted octanol–water partition coefficient (Wildman–Crippen LogP) is 3.43. The Balaban J connectivity index is 0.00000280. The van der Waals surface area contributed by atoms with Crippen LogP contribution in [0.25, 0.3) is 0 Å². The van der Waals surface area contributed by atoms with Gasteiger partial charge in [0.15, 0.2) is 5.96 Å². The van der Waals surface area contributed by atoms with Crippen LogP contribution in [0, 0.1) is 5.82 Å². The van der Waals surface area contributed by atoms with Crippen molar-refractivity contribution in [3.63, 3.8) is 0 Å². The molecule has 0 spiro atoms. The Labute approximate surface area is 182 Å². The molecule has 2 aromatic rings. The Kier molecular flexibility index (Phi) is 8.69. The zero-order valence-electron chi connectivity index (χ0n) is 16.0. The van der Waals surface area contributed by atoms with E-state index in [0.717, 1.165) is 12.0 Å². The molecule has 1 aliphatic rings. The van der Waals surface area contributed by atoms with Crippen LogP contribution in [0.2, 0.25) is 0 Å². The SMILES string of the molecule is CN=C(NCCCC(=O)N1Cc2ccccc2C1)NCc1cccc(F)c1.I. The van der Waals surface area contributed by atoms with Gasteiger partial charge >= 0.3 is 0 Å². The molecule has 0 fully saturated rings. The minimum absolute atomic E-state index is 0. The number of aliphatic imine (C=N–C) groups is 1. The Morgan fingerprint density at radius 1 is 1.11 bits per heavy atom. The number of carbonyl (C=O) groups is 1. The smallest absolute Gasteiger partial charge is 0.223 e. The van der Waals surface area contributed by atoms with Crippen LogP contribution in [0.5, 0.6) is 0 Å². The van der Waals surface area contributed by atoms with Crippen molar-refractivity contribution in [2.75, 3.05) is 13.6 Å². The maximum atomic E-state index is 13.2. The third-order valence-corrected chi connectivity index (χ3v) is 4.63. The lowest BCUT2D eigenvalue weighted by Crippen LogP contribution is -2.37. The first kappa shape index (κ1) is 22.1. The number of nitrogens with one attached hydrogen (secondary N) is 2. The van der Waals surface area contributed by atoms with Gasteiger partial charge in [0.1, 0.15) is 5.82 Å². The summed E-state index contributed by atoms with van der Waals surface area (Å²) in [6.07, 6.45) is 1.23. The van der Waals surface area contributed by atoms with Crippen LogP contribution in [-0.4, -0.2) is 30.4 Å². The van der Waals surface area contributed by atoms with Gasteiger partial charge in [-0.3, -0.25) is 9.79 Å². The molecule has 0 saturated carbocycles. The maximum Gasteiger partial charge on any atom is 0.223 e. The lowest BCUT2D eigenvalue weighted by molar-refractivity contribution is -0.131. The van der Waals surface area contributed by atoms with Crippen molar-refractivity contribution >= 4 is 35.8 Å². The second-order valence-electron chi connectivity index (χ2n) is 6.60. The molecule has 28 heavy (non-hydrogen) atoms. The summed E-state index contributed by atoms with van der Waals surface area (Å²) in [4.78, 5) is 18.4. The maximum absolute atomic E-state index is 13.2. The van der Waals surface area contributed by atoms with Gasteiger partial charge in [0.25, 0.3) is 0 Å². The second-order valence-corrected chi connectivity index (χ2v) is 6.60. The molecular weight excluding hydrogens is 470 g/mol. The predicted molar refractivity (Wildman–Crippen MR) is 120 cm³/mol. The Bertz CT molecular complexity index is 803. The Morgan fingerprint density at radius 3 is 2.46 bits per heavy atom. The molecule has 7 heteroatoms. The van der Waals surface area contributed by atoms with Crippen molar-refractivity contribution < 1.29 is 9.18 Å². The first-order valence-electron chi connectivity index (χ1n) is 9.19. The number of halogens is 2. The Hall–Kier alpha value is -2.16. The van der Waals surface area contributed by atoms with Crippen molar-refractivity contribution in [1.82, 2.24) is 15.5 Å². The number of carbonyl (C=O) groups excluding carboxylic acids is 1. The molecule has 1 heterocycles. The van der Waals surface area contributed by atoms with Gasteiger partial charge in [-0.05, 0) is 35.2 Å². The molecule has 5 nitrogen and oxygen atoms in total. The topological polar surface area (TPSA) is 56.7 Å². The van der Waals surface area contributed by atoms with Gasteiger partial charge in [-0.25, -0.2) is 4.39 Å². The number of hydrogen-bond acceptors (Lipinski definition) is 2. The van der Waals surface area contributed by atoms with Crippen molar-refractivity contribution in [2.45, 2.75) is 32.5 Å². The van der Waals surface area contributed by atoms with Gasteiger partial charge in [-0.2, -0.15) is 0 Å². The van der Waals surface area contributed by atoms with Crippen LogP contribution in [0.15, 0.2) is 53.5 Å². The van der Waals surface area contributed by atoms with Crippen LogP contribution in [0.3, 0.4) is 0 Å². The van der Waals surface area contributed by atoms with Crippen LogP contribution in [0.4, 0.5) is 4.39 Å². The van der Waals surface area contributed by atoms with E-state index in [1.165, 1.54) is 23.3 Å². The van der Waals surface area contributed by atoms with E-state index in [4.69, 9.17) is 0 Å². The molecule has 3 rings (SSSR count). The van der Waals surface area contributed by atoms with Crippen molar-refractivity contribution in [2.24, 2.45) is 4.99 Å². The van der Waals surface area contributed by atoms with Crippen molar-refractivity contribution in [1.29, 1.82) is 0 Å². The summed E-state index contributed by atoms with van der Waals surface area (Å²) in [5.74, 6) is 0.566. The van der Waals surface area contributed by atoms with E-state index < -0.39 is 0 Å². The Morgan fingerprint density at radius 2 is 1.82 bits per heavy atom. The number of fused-ring (bicyclic) bond motifs is 1. The fourth-order valence-electron chi connectivity index (χ4n) is 3.17. The van der Waals surface area contributed by atoms with Gasteiger partial charge < -0.3 is 15.5 Å². The highest BCUT2D eigenvalue weighted by Crippen LogP contribution is 2.22. The van der Waals surface area contributed by atoms with E-state index in [1.807, 2.05) is 23.1 Å². The molecule has 0 atom stereocenters. The summed E-state index contributed by atoms with van der Waals surface area (Å²) in [5, 5.41) is 6.34. The average molecular weight is 496 g/mol. The highest BCUT2D eigenvalue weighted by atomic mass is 127. The normalized spacial score (nSPS) is 12.9. The number of amides is 1. The molecular formula is C21H26FIN4O. The largest absolute Gasteiger partial charge is 0.356 e. The molecule has 1 aliphatic heterocycles. The summed E-state index contributed by atoms with van der Waals surface area (Å²) in [7, 11) is 1.69. The highest BCUT2D eigenvalue weighted by Gasteiger charge is 2.22. The first-order valence-corrected chi connectivity index (χ1v) is 9.19. The van der Waals surface area contributed by atoms with Crippen LogP contribution >= 0.6 is 24.0 Å². The highest BCUT2D eigenvalue weighted by molar-refractivity contribution is 14.0. The summed E-state index contributed by atoms with van der Waals surface area (Å²) in [6, 6.07) is 14.6. The van der Waals surface area contributed by atoms with E-state index in [2.05, 4.69) is 27.8 Å². The number of nitrogens with zero attached hydrogens (tertiary/aromatic N) is 2. The molecule has 150 valence electrons. The summed E-state index contributed by atoms with van der Waals surface area (Å²) in [5.41, 5.74) is 3.33. The van der Waals surface area contributed by atoms with E-state index in [-0.39, 0.29) is 35.7 Å². The zero-order chi connectivity index (χ0) is 19.1. The van der Waals surface area contributed by atoms with E-state index in [0.29, 0.717) is 38.6 Å². The molecule has 0 aromatic heterocycles. The molecule has 0 unspecified atom stereocenters. The number of rotatable bonds is 6. The molecule has 0 aliphatic carbocycles. The summed E-state index contributed by atoms with van der Waals surface area (Å²) in [6.45, 7) is 2.55. The van der Waals surface area contributed by atoms with Crippen LogP contribution < -0.4 is 10.6 Å². The minimum Gasteiger partial charge on any atom is -0.356 e. The quantitative estimate of drug-likeness (QED) is 0.279. The van der Waals surface area contributed by atoms with Gasteiger partial charge in [0.2, 0.25) is 5.91 Å². The van der Waals surface area contributed by atoms with E-state index >= 15 is 0 Å². The van der Waals surface area contributed by atoms with Crippen LogP contribution in [-0.2, 0) is 24.4 Å². The fourth-order valence-corrected chi connectivity index (χ4v) is 3.17. The molecule has 0 saturated heterocycles. The van der Waals surface area contributed by atoms with Crippen LogP contribution in [0.1, 0.15) is 29.5 Å². The second kappa shape index (κ2) is 11.0. The molecule has 0 radical (unpaired) electrons. The lowest BCUT2D eigenvalue weighted by atomic mass is 10.1. The van der Waals surface area contributed by atoms with E-state index in [1.54, 1.807) is 13.1 Å². The standard InChI is InChI=1S/C21H25FN4O.HI/c1-23-21(25-13-16-6-4-9-19(22)12-16)24-11-5-10-20(27)26-14-17-7-2-3-8-18(17)15-26;/h2-4,6-9,12H,5,10-11,13-15H2,1H3,(H2,23,24,25);1H. The number of guanidine groups is 1.